The molecule has 3 heteroatoms. The van der Waals surface area contributed by atoms with E-state index in [0.29, 0.717) is 6.42 Å². The highest BCUT2D eigenvalue weighted by molar-refractivity contribution is 4.88. The summed E-state index contributed by atoms with van der Waals surface area (Å²) in [4.78, 5) is 0. The van der Waals surface area contributed by atoms with Gasteiger partial charge in [-0.1, -0.05) is 26.2 Å². The van der Waals surface area contributed by atoms with Gasteiger partial charge >= 0.3 is 0 Å². The van der Waals surface area contributed by atoms with Gasteiger partial charge in [-0.15, -0.1) is 0 Å². The molecule has 0 saturated heterocycles. The lowest BCUT2D eigenvalue weighted by Gasteiger charge is -2.37. The molecule has 0 fully saturated rings. The zero-order valence-electron chi connectivity index (χ0n) is 12.2. The molecular formula is C14H31NO2. The molecule has 0 radical (unpaired) electrons. The lowest BCUT2D eigenvalue weighted by atomic mass is 9.78. The number of aliphatic hydroxyl groups excluding tert-OH is 1. The smallest absolute Gasteiger partial charge is 0.0617 e. The Morgan fingerprint density at radius 1 is 1.29 bits per heavy atom. The Morgan fingerprint density at radius 2 is 1.88 bits per heavy atom. The number of unbranched alkanes of at least 4 members (excludes halogenated alkanes) is 2. The summed E-state index contributed by atoms with van der Waals surface area (Å²) in [5.41, 5.74) is 5.90. The van der Waals surface area contributed by atoms with Crippen molar-refractivity contribution in [3.63, 3.8) is 0 Å². The lowest BCUT2D eigenvalue weighted by Crippen LogP contribution is -2.48. The molecule has 0 aromatic heterocycles. The van der Waals surface area contributed by atoms with E-state index in [1.807, 2.05) is 20.8 Å². The van der Waals surface area contributed by atoms with E-state index in [1.54, 1.807) is 7.11 Å². The van der Waals surface area contributed by atoms with Crippen molar-refractivity contribution >= 4 is 0 Å². The van der Waals surface area contributed by atoms with Gasteiger partial charge < -0.3 is 15.6 Å². The Labute approximate surface area is 107 Å². The van der Waals surface area contributed by atoms with Crippen LogP contribution in [0.2, 0.25) is 0 Å². The number of methoxy groups -OCH3 is 1. The van der Waals surface area contributed by atoms with Crippen LogP contribution in [0.25, 0.3) is 0 Å². The van der Waals surface area contributed by atoms with E-state index in [0.717, 1.165) is 6.42 Å². The van der Waals surface area contributed by atoms with Gasteiger partial charge in [-0.25, -0.2) is 0 Å². The van der Waals surface area contributed by atoms with E-state index >= 15 is 0 Å². The summed E-state index contributed by atoms with van der Waals surface area (Å²) in [7, 11) is 1.75. The number of ether oxygens (including phenoxy) is 1. The largest absolute Gasteiger partial charge is 0.393 e. The standard InChI is InChI=1S/C14H31NO2/c1-6-7-8-9-13(17-5)12(10-11(2)16)14(3,4)15/h11-13,16H,6-10,15H2,1-5H3. The van der Waals surface area contributed by atoms with Crippen LogP contribution in [0.15, 0.2) is 0 Å². The zero-order chi connectivity index (χ0) is 13.5. The molecule has 3 N–H and O–H groups in total. The van der Waals surface area contributed by atoms with Gasteiger partial charge in [0.2, 0.25) is 0 Å². The lowest BCUT2D eigenvalue weighted by molar-refractivity contribution is -0.00435. The minimum atomic E-state index is -0.327. The van der Waals surface area contributed by atoms with Crippen molar-refractivity contribution in [2.75, 3.05) is 7.11 Å². The normalized spacial score (nSPS) is 17.8. The van der Waals surface area contributed by atoms with Crippen molar-refractivity contribution in [2.24, 2.45) is 11.7 Å². The first-order chi connectivity index (χ1) is 7.82. The fourth-order valence-electron chi connectivity index (χ4n) is 2.38. The van der Waals surface area contributed by atoms with Crippen molar-refractivity contribution in [1.82, 2.24) is 0 Å². The van der Waals surface area contributed by atoms with Crippen LogP contribution in [0.5, 0.6) is 0 Å². The number of rotatable bonds is 9. The van der Waals surface area contributed by atoms with Crippen molar-refractivity contribution in [3.05, 3.63) is 0 Å². The molecule has 104 valence electrons. The minimum Gasteiger partial charge on any atom is -0.393 e. The van der Waals surface area contributed by atoms with E-state index in [4.69, 9.17) is 10.5 Å². The maximum absolute atomic E-state index is 9.59. The molecule has 0 aliphatic heterocycles. The second-order valence-electron chi connectivity index (χ2n) is 5.78. The molecule has 0 bridgehead atoms. The summed E-state index contributed by atoms with van der Waals surface area (Å²) in [6.45, 7) is 8.05. The summed E-state index contributed by atoms with van der Waals surface area (Å²) < 4.78 is 5.60. The van der Waals surface area contributed by atoms with Crippen molar-refractivity contribution in [3.8, 4) is 0 Å². The highest BCUT2D eigenvalue weighted by Crippen LogP contribution is 2.28. The monoisotopic (exact) mass is 245 g/mol. The Bertz CT molecular complexity index is 187. The second-order valence-corrected chi connectivity index (χ2v) is 5.78. The van der Waals surface area contributed by atoms with E-state index < -0.39 is 0 Å². The average Bonchev–Trinajstić information content (AvgIpc) is 2.20. The van der Waals surface area contributed by atoms with Crippen LogP contribution in [-0.2, 0) is 4.74 Å². The van der Waals surface area contributed by atoms with Crippen LogP contribution < -0.4 is 5.73 Å². The molecule has 0 saturated carbocycles. The third-order valence-electron chi connectivity index (χ3n) is 3.39. The van der Waals surface area contributed by atoms with Crippen LogP contribution in [0.1, 0.15) is 59.8 Å². The van der Waals surface area contributed by atoms with Crippen LogP contribution in [-0.4, -0.2) is 30.0 Å². The molecular weight excluding hydrogens is 214 g/mol. The second kappa shape index (κ2) is 8.06. The summed E-state index contributed by atoms with van der Waals surface area (Å²) in [5.74, 6) is 0.198. The third-order valence-corrected chi connectivity index (χ3v) is 3.39. The first kappa shape index (κ1) is 16.9. The molecule has 0 spiro atoms. The van der Waals surface area contributed by atoms with Gasteiger partial charge in [0.1, 0.15) is 0 Å². The minimum absolute atomic E-state index is 0.149. The maximum Gasteiger partial charge on any atom is 0.0617 e. The highest BCUT2D eigenvalue weighted by atomic mass is 16.5. The molecule has 0 aliphatic rings. The quantitative estimate of drug-likeness (QED) is 0.614. The fourth-order valence-corrected chi connectivity index (χ4v) is 2.38. The third kappa shape index (κ3) is 7.02. The predicted molar refractivity (Wildman–Crippen MR) is 73.0 cm³/mol. The van der Waals surface area contributed by atoms with Gasteiger partial charge in [0, 0.05) is 18.6 Å². The van der Waals surface area contributed by atoms with Crippen LogP contribution in [0, 0.1) is 5.92 Å². The molecule has 0 heterocycles. The van der Waals surface area contributed by atoms with Gasteiger partial charge in [0.05, 0.1) is 12.2 Å². The molecule has 0 aromatic rings. The molecule has 0 rings (SSSR count). The van der Waals surface area contributed by atoms with Crippen LogP contribution in [0.3, 0.4) is 0 Å². The summed E-state index contributed by atoms with van der Waals surface area (Å²) in [6.07, 6.45) is 5.16. The SMILES string of the molecule is CCCCCC(OC)C(CC(C)O)C(C)(C)N. The number of aliphatic hydroxyl groups is 1. The molecule has 3 unspecified atom stereocenters. The molecule has 3 nitrogen and oxygen atoms in total. The summed E-state index contributed by atoms with van der Waals surface area (Å²) >= 11 is 0. The Hall–Kier alpha value is -0.120. The van der Waals surface area contributed by atoms with Gasteiger partial charge in [-0.3, -0.25) is 0 Å². The number of hydrogen-bond acceptors (Lipinski definition) is 3. The molecule has 0 aliphatic carbocycles. The molecule has 0 aromatic carbocycles. The first-order valence-electron chi connectivity index (χ1n) is 6.82. The first-order valence-corrected chi connectivity index (χ1v) is 6.82. The molecule has 17 heavy (non-hydrogen) atoms. The zero-order valence-corrected chi connectivity index (χ0v) is 12.2. The topological polar surface area (TPSA) is 55.5 Å². The van der Waals surface area contributed by atoms with E-state index in [-0.39, 0.29) is 23.7 Å². The fraction of sp³-hybridized carbons (Fsp3) is 1.00. The van der Waals surface area contributed by atoms with E-state index in [2.05, 4.69) is 6.92 Å². The van der Waals surface area contributed by atoms with Crippen LogP contribution >= 0.6 is 0 Å². The highest BCUT2D eigenvalue weighted by Gasteiger charge is 2.33. The van der Waals surface area contributed by atoms with Crippen molar-refractivity contribution in [2.45, 2.75) is 77.5 Å². The van der Waals surface area contributed by atoms with Crippen LogP contribution in [0.4, 0.5) is 0 Å². The summed E-state index contributed by atoms with van der Waals surface area (Å²) in [5, 5.41) is 9.59. The van der Waals surface area contributed by atoms with Crippen molar-refractivity contribution in [1.29, 1.82) is 0 Å². The van der Waals surface area contributed by atoms with Gasteiger partial charge in [0.15, 0.2) is 0 Å². The van der Waals surface area contributed by atoms with Gasteiger partial charge in [-0.05, 0) is 33.6 Å². The Balaban J connectivity index is 4.50. The maximum atomic E-state index is 9.59. The average molecular weight is 245 g/mol. The molecule has 0 amide bonds. The van der Waals surface area contributed by atoms with Gasteiger partial charge in [0.25, 0.3) is 0 Å². The molecule has 3 atom stereocenters. The van der Waals surface area contributed by atoms with E-state index in [1.165, 1.54) is 19.3 Å². The predicted octanol–water partition coefficient (Wildman–Crippen LogP) is 2.71. The number of nitrogens with two attached hydrogens (primary N) is 1. The van der Waals surface area contributed by atoms with Crippen molar-refractivity contribution < 1.29 is 9.84 Å². The summed E-state index contributed by atoms with van der Waals surface area (Å²) in [6, 6.07) is 0. The van der Waals surface area contributed by atoms with Gasteiger partial charge in [-0.2, -0.15) is 0 Å². The van der Waals surface area contributed by atoms with E-state index in [9.17, 15) is 5.11 Å². The Kier molecular flexibility index (Phi) is 8.01. The Morgan fingerprint density at radius 3 is 2.24 bits per heavy atom. The number of hydrogen-bond donors (Lipinski definition) is 2.